The number of Topliss-reactive ketones (excluding diaryl/α,β-unsaturated/α-hetero) is 1. The number of ether oxygens (including phenoxy) is 1. The zero-order chi connectivity index (χ0) is 12.3. The molecule has 0 bridgehead atoms. The quantitative estimate of drug-likeness (QED) is 0.752. The molecule has 1 heterocycles. The van der Waals surface area contributed by atoms with Gasteiger partial charge >= 0.3 is 0 Å². The summed E-state index contributed by atoms with van der Waals surface area (Å²) in [6, 6.07) is 1.58. The van der Waals surface area contributed by atoms with E-state index in [0.717, 1.165) is 0 Å². The second kappa shape index (κ2) is 6.01. The monoisotopic (exact) mass is 280 g/mol. The molecule has 0 radical (unpaired) electrons. The topological polar surface area (TPSA) is 26.3 Å². The highest BCUT2D eigenvalue weighted by Gasteiger charge is 2.16. The Balaban J connectivity index is 2.56. The molecule has 0 fully saturated rings. The highest BCUT2D eigenvalue weighted by molar-refractivity contribution is 7.20. The van der Waals surface area contributed by atoms with Crippen molar-refractivity contribution in [2.45, 2.75) is 26.9 Å². The van der Waals surface area contributed by atoms with Gasteiger partial charge in [-0.3, -0.25) is 4.79 Å². The van der Waals surface area contributed by atoms with Gasteiger partial charge in [-0.2, -0.15) is 0 Å². The van der Waals surface area contributed by atoms with Crippen molar-refractivity contribution >= 4 is 40.3 Å². The van der Waals surface area contributed by atoms with Crippen LogP contribution >= 0.6 is 34.5 Å². The Bertz CT molecular complexity index is 374. The third-order valence-electron chi connectivity index (χ3n) is 2.37. The van der Waals surface area contributed by atoms with Crippen LogP contribution in [0.15, 0.2) is 6.07 Å². The van der Waals surface area contributed by atoms with Gasteiger partial charge in [0.15, 0.2) is 5.78 Å². The van der Waals surface area contributed by atoms with Crippen molar-refractivity contribution in [3.05, 3.63) is 20.3 Å². The molecule has 0 saturated carbocycles. The van der Waals surface area contributed by atoms with Crippen molar-refractivity contribution in [2.75, 3.05) is 6.61 Å². The van der Waals surface area contributed by atoms with E-state index in [4.69, 9.17) is 27.9 Å². The van der Waals surface area contributed by atoms with Crippen LogP contribution in [0.2, 0.25) is 8.67 Å². The molecule has 1 atom stereocenters. The highest BCUT2D eigenvalue weighted by Crippen LogP contribution is 2.31. The first-order valence-corrected chi connectivity index (χ1v) is 6.58. The van der Waals surface area contributed by atoms with Gasteiger partial charge in [0.05, 0.1) is 16.0 Å². The number of ketones is 1. The smallest absolute Gasteiger partial charge is 0.190 e. The Morgan fingerprint density at radius 2 is 2.06 bits per heavy atom. The Hall–Kier alpha value is -0.0900. The van der Waals surface area contributed by atoms with Gasteiger partial charge in [0.1, 0.15) is 10.9 Å². The summed E-state index contributed by atoms with van der Waals surface area (Å²) in [5.41, 5.74) is 0.452. The van der Waals surface area contributed by atoms with Gasteiger partial charge < -0.3 is 4.74 Å². The molecule has 1 aromatic rings. The first-order valence-electron chi connectivity index (χ1n) is 5.01. The van der Waals surface area contributed by atoms with Crippen LogP contribution in [0.25, 0.3) is 0 Å². The minimum Gasteiger partial charge on any atom is -0.370 e. The number of hydrogen-bond acceptors (Lipinski definition) is 3. The lowest BCUT2D eigenvalue weighted by Gasteiger charge is -2.15. The summed E-state index contributed by atoms with van der Waals surface area (Å²) in [5.74, 6) is 0.259. The average molecular weight is 281 g/mol. The molecule has 16 heavy (non-hydrogen) atoms. The summed E-state index contributed by atoms with van der Waals surface area (Å²) in [5, 5.41) is 0. The second-order valence-electron chi connectivity index (χ2n) is 3.92. The van der Waals surface area contributed by atoms with Gasteiger partial charge in [-0.25, -0.2) is 0 Å². The molecule has 1 aromatic heterocycles. The normalized spacial score (nSPS) is 13.1. The predicted octanol–water partition coefficient (Wildman–Crippen LogP) is 4.30. The van der Waals surface area contributed by atoms with E-state index in [-0.39, 0.29) is 18.5 Å². The summed E-state index contributed by atoms with van der Waals surface area (Å²) in [4.78, 5) is 11.7. The molecule has 90 valence electrons. The first kappa shape index (κ1) is 14.0. The van der Waals surface area contributed by atoms with Crippen LogP contribution in [0.4, 0.5) is 0 Å². The minimum absolute atomic E-state index is 0.0477. The predicted molar refractivity (Wildman–Crippen MR) is 68.9 cm³/mol. The maximum Gasteiger partial charge on any atom is 0.190 e. The Labute approximate surface area is 110 Å². The molecule has 0 N–H and O–H groups in total. The molecule has 0 saturated heterocycles. The Morgan fingerprint density at radius 3 is 2.50 bits per heavy atom. The number of hydrogen-bond donors (Lipinski definition) is 0. The molecule has 5 heteroatoms. The third kappa shape index (κ3) is 3.74. The minimum atomic E-state index is -0.124. The van der Waals surface area contributed by atoms with Crippen LogP contribution < -0.4 is 0 Å². The van der Waals surface area contributed by atoms with Crippen LogP contribution in [-0.2, 0) is 4.74 Å². The second-order valence-corrected chi connectivity index (χ2v) is 6.21. The van der Waals surface area contributed by atoms with Crippen molar-refractivity contribution in [1.82, 2.24) is 0 Å². The number of carbonyl (C=O) groups excluding carboxylic acids is 1. The van der Waals surface area contributed by atoms with E-state index in [0.29, 0.717) is 20.2 Å². The summed E-state index contributed by atoms with van der Waals surface area (Å²) >= 11 is 12.8. The van der Waals surface area contributed by atoms with Crippen LogP contribution in [0.1, 0.15) is 31.1 Å². The molecule has 0 aliphatic heterocycles. The van der Waals surface area contributed by atoms with E-state index in [1.807, 2.05) is 20.8 Å². The number of halogens is 2. The van der Waals surface area contributed by atoms with E-state index in [1.165, 1.54) is 11.3 Å². The molecular weight excluding hydrogens is 267 g/mol. The van der Waals surface area contributed by atoms with Crippen molar-refractivity contribution in [3.8, 4) is 0 Å². The SMILES string of the molecule is CC(C)C(C)OCC(=O)c1cc(Cl)sc1Cl. The molecule has 2 nitrogen and oxygen atoms in total. The van der Waals surface area contributed by atoms with Gasteiger partial charge in [-0.1, -0.05) is 37.0 Å². The lowest BCUT2D eigenvalue weighted by molar-refractivity contribution is 0.0337. The van der Waals surface area contributed by atoms with E-state index in [1.54, 1.807) is 6.07 Å². The fourth-order valence-electron chi connectivity index (χ4n) is 1.01. The van der Waals surface area contributed by atoms with E-state index < -0.39 is 0 Å². The summed E-state index contributed by atoms with van der Waals surface area (Å²) in [6.45, 7) is 6.08. The van der Waals surface area contributed by atoms with E-state index in [2.05, 4.69) is 0 Å². The Morgan fingerprint density at radius 1 is 1.44 bits per heavy atom. The number of rotatable bonds is 5. The molecule has 0 aliphatic carbocycles. The van der Waals surface area contributed by atoms with E-state index in [9.17, 15) is 4.79 Å². The molecule has 0 spiro atoms. The molecular formula is C11H14Cl2O2S. The van der Waals surface area contributed by atoms with Crippen LogP contribution in [0.5, 0.6) is 0 Å². The Kier molecular flexibility index (Phi) is 5.25. The van der Waals surface area contributed by atoms with Gasteiger partial charge in [-0.05, 0) is 18.9 Å². The van der Waals surface area contributed by atoms with Crippen molar-refractivity contribution in [3.63, 3.8) is 0 Å². The molecule has 1 unspecified atom stereocenters. The van der Waals surface area contributed by atoms with Crippen molar-refractivity contribution in [1.29, 1.82) is 0 Å². The van der Waals surface area contributed by atoms with Gasteiger partial charge in [0, 0.05) is 0 Å². The maximum absolute atomic E-state index is 11.7. The van der Waals surface area contributed by atoms with Crippen molar-refractivity contribution < 1.29 is 9.53 Å². The first-order chi connectivity index (χ1) is 7.41. The summed E-state index contributed by atoms with van der Waals surface area (Å²) in [7, 11) is 0. The zero-order valence-electron chi connectivity index (χ0n) is 9.42. The summed E-state index contributed by atoms with van der Waals surface area (Å²) < 4.78 is 6.38. The standard InChI is InChI=1S/C11H14Cl2O2S/c1-6(2)7(3)15-5-9(14)8-4-10(12)16-11(8)13/h4,6-7H,5H2,1-3H3. The van der Waals surface area contributed by atoms with Gasteiger partial charge in [0.25, 0.3) is 0 Å². The van der Waals surface area contributed by atoms with Gasteiger partial charge in [0.2, 0.25) is 0 Å². The van der Waals surface area contributed by atoms with Crippen molar-refractivity contribution in [2.24, 2.45) is 5.92 Å². The highest BCUT2D eigenvalue weighted by atomic mass is 35.5. The van der Waals surface area contributed by atoms with Crippen LogP contribution in [0.3, 0.4) is 0 Å². The molecule has 1 rings (SSSR count). The fraction of sp³-hybridized carbons (Fsp3) is 0.545. The molecule has 0 aromatic carbocycles. The number of carbonyl (C=O) groups is 1. The van der Waals surface area contributed by atoms with Gasteiger partial charge in [-0.15, -0.1) is 11.3 Å². The zero-order valence-corrected chi connectivity index (χ0v) is 11.7. The summed E-state index contributed by atoms with van der Waals surface area (Å²) in [6.07, 6.45) is 0.0526. The molecule has 0 amide bonds. The average Bonchev–Trinajstić information content (AvgIpc) is 2.53. The third-order valence-corrected chi connectivity index (χ3v) is 3.86. The van der Waals surface area contributed by atoms with Crippen LogP contribution in [0, 0.1) is 5.92 Å². The number of thiophene rings is 1. The lowest BCUT2D eigenvalue weighted by Crippen LogP contribution is -2.20. The van der Waals surface area contributed by atoms with E-state index >= 15 is 0 Å². The van der Waals surface area contributed by atoms with Crippen LogP contribution in [-0.4, -0.2) is 18.5 Å². The largest absolute Gasteiger partial charge is 0.370 e. The lowest BCUT2D eigenvalue weighted by atomic mass is 10.1. The maximum atomic E-state index is 11.7. The molecule has 0 aliphatic rings. The fourth-order valence-corrected chi connectivity index (χ4v) is 2.51.